The van der Waals surface area contributed by atoms with Crippen molar-refractivity contribution >= 4 is 35.8 Å². The first-order valence-electron chi connectivity index (χ1n) is 10.2. The normalized spacial score (nSPS) is 22.1. The monoisotopic (exact) mass is 480 g/mol. The molecule has 1 saturated heterocycles. The van der Waals surface area contributed by atoms with Crippen LogP contribution in [0.4, 0.5) is 0 Å². The van der Waals surface area contributed by atoms with Gasteiger partial charge in [0.15, 0.2) is 5.96 Å². The van der Waals surface area contributed by atoms with Gasteiger partial charge in [-0.2, -0.15) is 0 Å². The highest BCUT2D eigenvalue weighted by Crippen LogP contribution is 2.19. The summed E-state index contributed by atoms with van der Waals surface area (Å²) in [6, 6.07) is 0.272. The summed E-state index contributed by atoms with van der Waals surface area (Å²) in [6.45, 7) is 5.26. The van der Waals surface area contributed by atoms with Gasteiger partial charge in [0.2, 0.25) is 5.91 Å². The summed E-state index contributed by atoms with van der Waals surface area (Å²) in [5.41, 5.74) is 0. The van der Waals surface area contributed by atoms with E-state index in [-0.39, 0.29) is 35.9 Å². The van der Waals surface area contributed by atoms with E-state index in [1.54, 1.807) is 0 Å². The van der Waals surface area contributed by atoms with Gasteiger partial charge in [0.25, 0.3) is 0 Å². The predicted octanol–water partition coefficient (Wildman–Crippen LogP) is 2.96. The molecular formula is C19H37IN4O2. The van der Waals surface area contributed by atoms with Gasteiger partial charge in [-0.15, -0.1) is 24.0 Å². The van der Waals surface area contributed by atoms with Crippen molar-refractivity contribution in [3.63, 3.8) is 0 Å². The number of halogens is 1. The highest BCUT2D eigenvalue weighted by molar-refractivity contribution is 14.0. The van der Waals surface area contributed by atoms with Crippen molar-refractivity contribution in [2.45, 2.75) is 83.3 Å². The van der Waals surface area contributed by atoms with Crippen LogP contribution in [0, 0.1) is 0 Å². The molecule has 1 amide bonds. The first-order valence-corrected chi connectivity index (χ1v) is 10.2. The van der Waals surface area contributed by atoms with E-state index in [4.69, 9.17) is 4.74 Å². The number of nitrogens with one attached hydrogen (secondary N) is 3. The molecule has 3 N–H and O–H groups in total. The molecule has 0 aromatic rings. The number of carbonyl (C=O) groups excluding carboxylic acids is 1. The first-order chi connectivity index (χ1) is 12.3. The lowest BCUT2D eigenvalue weighted by molar-refractivity contribution is -0.122. The van der Waals surface area contributed by atoms with Crippen molar-refractivity contribution in [2.75, 3.05) is 26.2 Å². The summed E-state index contributed by atoms with van der Waals surface area (Å²) >= 11 is 0. The lowest BCUT2D eigenvalue weighted by atomic mass is 10.1. The Hall–Kier alpha value is -0.570. The number of guanidine groups is 1. The molecular weight excluding hydrogens is 443 g/mol. The molecule has 7 heteroatoms. The second kappa shape index (κ2) is 14.5. The number of piperidine rings is 1. The van der Waals surface area contributed by atoms with Crippen LogP contribution in [0.2, 0.25) is 0 Å². The van der Waals surface area contributed by atoms with Gasteiger partial charge < -0.3 is 20.7 Å². The van der Waals surface area contributed by atoms with Crippen molar-refractivity contribution in [1.82, 2.24) is 16.0 Å². The third kappa shape index (κ3) is 9.94. The van der Waals surface area contributed by atoms with E-state index in [0.717, 1.165) is 44.9 Å². The van der Waals surface area contributed by atoms with Crippen LogP contribution in [-0.4, -0.2) is 50.3 Å². The van der Waals surface area contributed by atoms with Crippen LogP contribution in [0.5, 0.6) is 0 Å². The van der Waals surface area contributed by atoms with E-state index in [9.17, 15) is 4.79 Å². The molecule has 0 aromatic heterocycles. The molecule has 1 saturated carbocycles. The van der Waals surface area contributed by atoms with E-state index >= 15 is 0 Å². The van der Waals surface area contributed by atoms with Crippen LogP contribution in [0.15, 0.2) is 4.99 Å². The second-order valence-electron chi connectivity index (χ2n) is 7.14. The molecule has 1 atom stereocenters. The average Bonchev–Trinajstić information content (AvgIpc) is 2.89. The van der Waals surface area contributed by atoms with E-state index in [1.807, 2.05) is 0 Å². The molecule has 2 rings (SSSR count). The van der Waals surface area contributed by atoms with E-state index in [0.29, 0.717) is 19.1 Å². The Kier molecular flexibility index (Phi) is 13.1. The zero-order valence-corrected chi connectivity index (χ0v) is 18.6. The van der Waals surface area contributed by atoms with Gasteiger partial charge in [-0.1, -0.05) is 25.7 Å². The third-order valence-electron chi connectivity index (χ3n) is 4.93. The van der Waals surface area contributed by atoms with Crippen molar-refractivity contribution in [3.8, 4) is 0 Å². The third-order valence-corrected chi connectivity index (χ3v) is 4.93. The number of hydrogen-bond acceptors (Lipinski definition) is 3. The maximum atomic E-state index is 11.2. The highest BCUT2D eigenvalue weighted by Gasteiger charge is 2.18. The number of hydrogen-bond donors (Lipinski definition) is 3. The zero-order valence-electron chi connectivity index (χ0n) is 16.2. The Morgan fingerprint density at radius 1 is 1.19 bits per heavy atom. The number of aliphatic imine (C=N–C) groups is 1. The van der Waals surface area contributed by atoms with Gasteiger partial charge in [0, 0.05) is 38.7 Å². The Labute approximate surface area is 175 Å². The molecule has 6 nitrogen and oxygen atoms in total. The summed E-state index contributed by atoms with van der Waals surface area (Å²) < 4.78 is 6.03. The Morgan fingerprint density at radius 3 is 2.62 bits per heavy atom. The lowest BCUT2D eigenvalue weighted by Gasteiger charge is -2.25. The van der Waals surface area contributed by atoms with Crippen molar-refractivity contribution < 1.29 is 9.53 Å². The molecule has 1 unspecified atom stereocenters. The molecule has 0 radical (unpaired) electrons. The maximum Gasteiger partial charge on any atom is 0.220 e. The number of amides is 1. The van der Waals surface area contributed by atoms with Gasteiger partial charge in [0.05, 0.1) is 6.10 Å². The first kappa shape index (κ1) is 23.5. The van der Waals surface area contributed by atoms with Gasteiger partial charge in [-0.25, -0.2) is 0 Å². The molecule has 0 aromatic carbocycles. The summed E-state index contributed by atoms with van der Waals surface area (Å²) in [7, 11) is 0. The SMILES string of the molecule is CCNC(=NCCCCOC1CCCCCC1)NC1CCC(=O)NC1.I. The number of ether oxygens (including phenoxy) is 1. The van der Waals surface area contributed by atoms with E-state index in [2.05, 4.69) is 27.9 Å². The molecule has 26 heavy (non-hydrogen) atoms. The topological polar surface area (TPSA) is 74.8 Å². The highest BCUT2D eigenvalue weighted by atomic mass is 127. The van der Waals surface area contributed by atoms with Crippen molar-refractivity contribution in [2.24, 2.45) is 4.99 Å². The molecule has 1 heterocycles. The standard InChI is InChI=1S/C19H36N4O2.HI/c1-2-20-19(23-16-11-12-18(24)22-15-16)21-13-7-8-14-25-17-9-5-3-4-6-10-17;/h16-17H,2-15H2,1H3,(H,22,24)(H2,20,21,23);1H. The Morgan fingerprint density at radius 2 is 1.96 bits per heavy atom. The zero-order chi connectivity index (χ0) is 17.7. The minimum Gasteiger partial charge on any atom is -0.378 e. The van der Waals surface area contributed by atoms with Gasteiger partial charge in [-0.05, 0) is 39.0 Å². The van der Waals surface area contributed by atoms with E-state index < -0.39 is 0 Å². The van der Waals surface area contributed by atoms with Crippen LogP contribution >= 0.6 is 24.0 Å². The van der Waals surface area contributed by atoms with Gasteiger partial charge >= 0.3 is 0 Å². The molecule has 1 aliphatic heterocycles. The van der Waals surface area contributed by atoms with Crippen LogP contribution in [0.25, 0.3) is 0 Å². The largest absolute Gasteiger partial charge is 0.378 e. The smallest absolute Gasteiger partial charge is 0.220 e. The van der Waals surface area contributed by atoms with Crippen LogP contribution in [0.3, 0.4) is 0 Å². The van der Waals surface area contributed by atoms with Gasteiger partial charge in [-0.3, -0.25) is 9.79 Å². The number of carbonyl (C=O) groups is 1. The van der Waals surface area contributed by atoms with Crippen LogP contribution in [0.1, 0.15) is 71.1 Å². The number of rotatable bonds is 8. The fourth-order valence-electron chi connectivity index (χ4n) is 3.43. The van der Waals surface area contributed by atoms with Gasteiger partial charge in [0.1, 0.15) is 0 Å². The average molecular weight is 480 g/mol. The van der Waals surface area contributed by atoms with Crippen LogP contribution in [-0.2, 0) is 9.53 Å². The minimum absolute atomic E-state index is 0. The molecule has 1 aliphatic carbocycles. The van der Waals surface area contributed by atoms with Crippen molar-refractivity contribution in [1.29, 1.82) is 0 Å². The number of nitrogens with zero attached hydrogens (tertiary/aromatic N) is 1. The number of unbranched alkanes of at least 4 members (excludes halogenated alkanes) is 1. The van der Waals surface area contributed by atoms with Crippen molar-refractivity contribution in [3.05, 3.63) is 0 Å². The Bertz CT molecular complexity index is 402. The van der Waals surface area contributed by atoms with Crippen LogP contribution < -0.4 is 16.0 Å². The summed E-state index contributed by atoms with van der Waals surface area (Å²) in [5, 5.41) is 9.60. The summed E-state index contributed by atoms with van der Waals surface area (Å²) in [6.07, 6.45) is 12.0. The quantitative estimate of drug-likeness (QED) is 0.164. The molecule has 2 aliphatic rings. The second-order valence-corrected chi connectivity index (χ2v) is 7.14. The lowest BCUT2D eigenvalue weighted by Crippen LogP contribution is -2.51. The Balaban J connectivity index is 0.00000338. The molecule has 0 spiro atoms. The predicted molar refractivity (Wildman–Crippen MR) is 117 cm³/mol. The molecule has 0 bridgehead atoms. The maximum absolute atomic E-state index is 11.2. The fraction of sp³-hybridized carbons (Fsp3) is 0.895. The molecule has 2 fully saturated rings. The van der Waals surface area contributed by atoms with E-state index in [1.165, 1.54) is 38.5 Å². The summed E-state index contributed by atoms with van der Waals surface area (Å²) in [5.74, 6) is 1.00. The fourth-order valence-corrected chi connectivity index (χ4v) is 3.43. The molecule has 152 valence electrons. The minimum atomic E-state index is 0. The summed E-state index contributed by atoms with van der Waals surface area (Å²) in [4.78, 5) is 15.9.